The minimum atomic E-state index is 0. The first kappa shape index (κ1) is 33.5. The van der Waals surface area contributed by atoms with Gasteiger partial charge < -0.3 is 9.13 Å². The predicted molar refractivity (Wildman–Crippen MR) is 201 cm³/mol. The first-order chi connectivity index (χ1) is 21.9. The van der Waals surface area contributed by atoms with E-state index >= 15 is 0 Å². The second-order valence-corrected chi connectivity index (χ2v) is 12.6. The van der Waals surface area contributed by atoms with Crippen molar-refractivity contribution in [2.24, 2.45) is 0 Å². The van der Waals surface area contributed by atoms with E-state index in [2.05, 4.69) is 130 Å². The fourth-order valence-electron chi connectivity index (χ4n) is 8.20. The average Bonchev–Trinajstić information content (AvgIpc) is 3.86. The van der Waals surface area contributed by atoms with Crippen LogP contribution in [0.5, 0.6) is 0 Å². The third-order valence-corrected chi connectivity index (χ3v) is 10.2. The van der Waals surface area contributed by atoms with Gasteiger partial charge in [0.2, 0.25) is 0 Å². The van der Waals surface area contributed by atoms with Gasteiger partial charge in [0.1, 0.15) is 0 Å². The molecule has 0 unspecified atom stereocenters. The van der Waals surface area contributed by atoms with Crippen LogP contribution in [-0.2, 0) is 51.5 Å². The summed E-state index contributed by atoms with van der Waals surface area (Å²) in [6.45, 7) is 0. The number of para-hydroxylation sites is 2. The van der Waals surface area contributed by atoms with E-state index in [9.17, 15) is 0 Å². The van der Waals surface area contributed by atoms with E-state index in [-0.39, 0.29) is 50.7 Å². The summed E-state index contributed by atoms with van der Waals surface area (Å²) in [4.78, 5) is 0. The van der Waals surface area contributed by atoms with Crippen LogP contribution in [0, 0.1) is 0 Å². The molecule has 2 nitrogen and oxygen atoms in total. The second kappa shape index (κ2) is 14.0. The van der Waals surface area contributed by atoms with Gasteiger partial charge in [0.05, 0.1) is 0 Å². The zero-order valence-electron chi connectivity index (χ0n) is 26.4. The van der Waals surface area contributed by atoms with Crippen molar-refractivity contribution >= 4 is 68.2 Å². The first-order valence-electron chi connectivity index (χ1n) is 16.4. The molecule has 5 heteroatoms. The van der Waals surface area contributed by atoms with Crippen LogP contribution in [-0.4, -0.2) is 9.13 Å². The number of fused-ring (bicyclic) bond motifs is 8. The number of nitrogens with zero attached hydrogens (tertiary/aromatic N) is 2. The molecule has 2 aliphatic carbocycles. The van der Waals surface area contributed by atoms with Gasteiger partial charge in [0.25, 0.3) is 0 Å². The maximum Gasteiger partial charge on any atom is 0 e. The topological polar surface area (TPSA) is 9.86 Å². The van der Waals surface area contributed by atoms with Crippen molar-refractivity contribution in [2.75, 3.05) is 0 Å². The van der Waals surface area contributed by atoms with Crippen LogP contribution >= 0.6 is 24.8 Å². The Bertz CT molecular complexity index is 2150. The van der Waals surface area contributed by atoms with E-state index in [1.54, 1.807) is 11.1 Å². The molecule has 0 radical (unpaired) electrons. The summed E-state index contributed by atoms with van der Waals surface area (Å²) >= 11 is 0. The van der Waals surface area contributed by atoms with E-state index in [1.807, 2.05) is 0 Å². The third kappa shape index (κ3) is 5.55. The number of aryl methyl sites for hydroxylation is 2. The van der Waals surface area contributed by atoms with Crippen molar-refractivity contribution < 1.29 is 25.8 Å². The molecule has 0 spiro atoms. The summed E-state index contributed by atoms with van der Waals surface area (Å²) < 4.78 is 5.04. The number of benzene rings is 4. The number of rotatable bonds is 2. The van der Waals surface area contributed by atoms with Gasteiger partial charge >= 0.3 is 0 Å². The maximum absolute atomic E-state index is 2.52. The number of hydrogen-bond donors (Lipinski definition) is 0. The number of halogens is 2. The van der Waals surface area contributed by atoms with Crippen LogP contribution in [0.2, 0.25) is 0 Å². The van der Waals surface area contributed by atoms with E-state index in [1.165, 1.54) is 117 Å². The van der Waals surface area contributed by atoms with Gasteiger partial charge in [-0.15, -0.1) is 49.1 Å². The molecule has 0 atom stereocenters. The average molecular weight is 820 g/mol. The van der Waals surface area contributed by atoms with Crippen LogP contribution in [0.1, 0.15) is 48.2 Å². The Kier molecular flexibility index (Phi) is 9.99. The molecular weight excluding hydrogens is 782 g/mol. The number of hydrogen-bond acceptors (Lipinski definition) is 0. The maximum atomic E-state index is 2.52. The molecule has 10 rings (SSSR count). The molecule has 0 amide bonds. The molecule has 2 aliphatic rings. The third-order valence-electron chi connectivity index (χ3n) is 10.2. The normalized spacial score (nSPS) is 13.6. The summed E-state index contributed by atoms with van der Waals surface area (Å²) in [5.41, 5.74) is 11.6. The van der Waals surface area contributed by atoms with Crippen molar-refractivity contribution in [1.82, 2.24) is 9.13 Å². The van der Waals surface area contributed by atoms with Gasteiger partial charge in [-0.05, 0) is 83.1 Å². The minimum Gasteiger partial charge on any atom is -0.393 e. The first-order valence-corrected chi connectivity index (χ1v) is 16.4. The molecule has 6 aromatic carbocycles. The van der Waals surface area contributed by atoms with Crippen molar-refractivity contribution in [3.05, 3.63) is 144 Å². The van der Waals surface area contributed by atoms with Gasteiger partial charge in [-0.1, -0.05) is 143 Å². The van der Waals surface area contributed by atoms with E-state index < -0.39 is 0 Å². The van der Waals surface area contributed by atoms with Gasteiger partial charge in [-0.3, -0.25) is 0 Å². The van der Waals surface area contributed by atoms with E-state index in [0.717, 1.165) is 0 Å². The van der Waals surface area contributed by atoms with Crippen LogP contribution < -0.4 is 0 Å². The standard InChI is InChI=1S/2C21H18N.2ClH.Hf/c2*1-2-8-16-15(7-1)13-14-21(16)22-19-11-5-3-9-17(19)18-10-4-6-12-20(18)22;;;/h2*1-3,5,7-9,11,13-14H,4,6,10,12H2;2*1H;/q2*-1;;;. The molecule has 0 saturated heterocycles. The zero-order chi connectivity index (χ0) is 29.0. The molecule has 0 saturated carbocycles. The summed E-state index contributed by atoms with van der Waals surface area (Å²) in [5.74, 6) is 0. The van der Waals surface area contributed by atoms with Crippen molar-refractivity contribution in [1.29, 1.82) is 0 Å². The summed E-state index contributed by atoms with van der Waals surface area (Å²) in [7, 11) is 0. The van der Waals surface area contributed by atoms with E-state index in [0.29, 0.717) is 0 Å². The summed E-state index contributed by atoms with van der Waals surface area (Å²) in [6.07, 6.45) is 10.1. The smallest absolute Gasteiger partial charge is 0 e. The van der Waals surface area contributed by atoms with Crippen molar-refractivity contribution in [3.8, 4) is 11.4 Å². The summed E-state index contributed by atoms with van der Waals surface area (Å²) in [6, 6.07) is 44.3. The Morgan fingerprint density at radius 3 is 1.28 bits per heavy atom. The Morgan fingerprint density at radius 2 is 0.809 bits per heavy atom. The van der Waals surface area contributed by atoms with Crippen LogP contribution in [0.25, 0.3) is 54.7 Å². The molecule has 236 valence electrons. The second-order valence-electron chi connectivity index (χ2n) is 12.6. The van der Waals surface area contributed by atoms with Crippen molar-refractivity contribution in [3.63, 3.8) is 0 Å². The van der Waals surface area contributed by atoms with Crippen molar-refractivity contribution in [2.45, 2.75) is 51.4 Å². The van der Waals surface area contributed by atoms with Gasteiger partial charge in [0, 0.05) is 25.8 Å². The van der Waals surface area contributed by atoms with Crippen LogP contribution in [0.3, 0.4) is 0 Å². The van der Waals surface area contributed by atoms with Gasteiger partial charge in [-0.2, -0.15) is 0 Å². The van der Waals surface area contributed by atoms with Gasteiger partial charge in [-0.25, -0.2) is 0 Å². The molecule has 0 bridgehead atoms. The summed E-state index contributed by atoms with van der Waals surface area (Å²) in [5, 5.41) is 8.28. The molecule has 0 aliphatic heterocycles. The van der Waals surface area contributed by atoms with Gasteiger partial charge in [0.15, 0.2) is 0 Å². The molecule has 0 fully saturated rings. The fraction of sp³-hybridized carbons (Fsp3) is 0.190. The van der Waals surface area contributed by atoms with Crippen LogP contribution in [0.4, 0.5) is 0 Å². The molecule has 2 aromatic heterocycles. The Balaban J connectivity index is 0.000000155. The largest absolute Gasteiger partial charge is 0.393 e. The van der Waals surface area contributed by atoms with E-state index in [4.69, 9.17) is 0 Å². The molecule has 8 aromatic rings. The quantitative estimate of drug-likeness (QED) is 0.121. The predicted octanol–water partition coefficient (Wildman–Crippen LogP) is 11.6. The molecule has 2 heterocycles. The molecular formula is C42H38Cl2HfN2-2. The molecule has 47 heavy (non-hydrogen) atoms. The SMILES string of the molecule is Cl.Cl.[Hf].c1ccc2c(c1)cc[c-]2-n1c2c(c3ccccc31)CCCC2.c1ccc2c(c1)cc[c-]2-n1c2c(c3ccccc31)CCCC2. The molecule has 0 N–H and O–H groups in total. The Hall–Kier alpha value is -3.37. The number of aromatic nitrogens is 2. The Morgan fingerprint density at radius 1 is 0.426 bits per heavy atom. The monoisotopic (exact) mass is 820 g/mol. The van der Waals surface area contributed by atoms with Crippen LogP contribution in [0.15, 0.2) is 121 Å². The minimum absolute atomic E-state index is 0. The zero-order valence-corrected chi connectivity index (χ0v) is 31.6. The fourth-order valence-corrected chi connectivity index (χ4v) is 8.20. The Labute approximate surface area is 307 Å².